The predicted molar refractivity (Wildman–Crippen MR) is 91.0 cm³/mol. The molecule has 2 aromatic rings. The van der Waals surface area contributed by atoms with E-state index in [1.54, 1.807) is 0 Å². The Bertz CT molecular complexity index is 871. The highest BCUT2D eigenvalue weighted by Gasteiger charge is 2.18. The van der Waals surface area contributed by atoms with Gasteiger partial charge in [-0.15, -0.1) is 0 Å². The maximum Gasteiger partial charge on any atom is 0.331 e. The first-order valence-electron chi connectivity index (χ1n) is 7.36. The van der Waals surface area contributed by atoms with Crippen molar-refractivity contribution >= 4 is 35.2 Å². The molecular weight excluding hydrogens is 371 g/mol. The van der Waals surface area contributed by atoms with Crippen LogP contribution < -0.4 is 5.32 Å². The Balaban J connectivity index is 1.94. The number of amides is 1. The first kappa shape index (κ1) is 19.5. The molecule has 2 rings (SSSR count). The summed E-state index contributed by atoms with van der Waals surface area (Å²) < 4.78 is 44.3. The number of hydrogen-bond donors (Lipinski definition) is 1. The van der Waals surface area contributed by atoms with Crippen LogP contribution in [0.3, 0.4) is 0 Å². The monoisotopic (exact) mass is 383 g/mol. The van der Waals surface area contributed by atoms with E-state index in [9.17, 15) is 22.8 Å². The van der Waals surface area contributed by atoms with E-state index < -0.39 is 35.4 Å². The molecule has 4 nitrogen and oxygen atoms in total. The smallest absolute Gasteiger partial charge is 0.331 e. The van der Waals surface area contributed by atoms with Crippen LogP contribution in [0.25, 0.3) is 6.08 Å². The van der Waals surface area contributed by atoms with Gasteiger partial charge in [-0.3, -0.25) is 4.79 Å². The second-order valence-electron chi connectivity index (χ2n) is 5.20. The van der Waals surface area contributed by atoms with Gasteiger partial charge in [-0.1, -0.05) is 17.7 Å². The number of benzene rings is 2. The Morgan fingerprint density at radius 1 is 1.12 bits per heavy atom. The number of halogens is 4. The lowest BCUT2D eigenvalue weighted by Crippen LogP contribution is -2.29. The zero-order chi connectivity index (χ0) is 19.3. The molecule has 8 heteroatoms. The molecule has 0 bridgehead atoms. The van der Waals surface area contributed by atoms with E-state index in [0.717, 1.165) is 24.3 Å². The van der Waals surface area contributed by atoms with Crippen molar-refractivity contribution in [3.63, 3.8) is 0 Å². The number of carbonyl (C=O) groups is 2. The molecule has 0 saturated carbocycles. The van der Waals surface area contributed by atoms with Crippen molar-refractivity contribution < 1.29 is 27.5 Å². The summed E-state index contributed by atoms with van der Waals surface area (Å²) in [5.74, 6) is -3.96. The minimum atomic E-state index is -1.23. The van der Waals surface area contributed by atoms with E-state index in [2.05, 4.69) is 5.32 Å². The van der Waals surface area contributed by atoms with E-state index in [-0.39, 0.29) is 10.7 Å². The van der Waals surface area contributed by atoms with E-state index >= 15 is 0 Å². The molecule has 136 valence electrons. The van der Waals surface area contributed by atoms with Gasteiger partial charge >= 0.3 is 5.97 Å². The first-order chi connectivity index (χ1) is 12.3. The largest absolute Gasteiger partial charge is 0.449 e. The number of ether oxygens (including phenoxy) is 1. The van der Waals surface area contributed by atoms with Crippen LogP contribution in [0.15, 0.2) is 42.5 Å². The molecule has 0 aliphatic rings. The van der Waals surface area contributed by atoms with Crippen molar-refractivity contribution in [3.05, 3.63) is 70.5 Å². The number of hydrogen-bond acceptors (Lipinski definition) is 3. The summed E-state index contributed by atoms with van der Waals surface area (Å²) in [5, 5.41) is 2.09. The first-order valence-corrected chi connectivity index (χ1v) is 7.73. The molecule has 0 aromatic heterocycles. The van der Waals surface area contributed by atoms with Gasteiger partial charge in [0.15, 0.2) is 6.10 Å². The SMILES string of the molecule is C[C@H](OC(=O)/C=C/c1ccc(F)c(Cl)c1)C(=O)Nc1ccc(F)cc1F. The molecule has 0 heterocycles. The molecule has 1 atom stereocenters. The lowest BCUT2D eigenvalue weighted by Gasteiger charge is -2.12. The van der Waals surface area contributed by atoms with Crippen molar-refractivity contribution in [1.82, 2.24) is 0 Å². The van der Waals surface area contributed by atoms with Gasteiger partial charge in [0, 0.05) is 12.1 Å². The summed E-state index contributed by atoms with van der Waals surface area (Å²) in [6, 6.07) is 6.50. The highest BCUT2D eigenvalue weighted by molar-refractivity contribution is 6.30. The Hall–Kier alpha value is -2.80. The number of rotatable bonds is 5. The average molecular weight is 384 g/mol. The van der Waals surface area contributed by atoms with Crippen LogP contribution in [-0.2, 0) is 14.3 Å². The number of carbonyl (C=O) groups excluding carboxylic acids is 2. The summed E-state index contributed by atoms with van der Waals surface area (Å²) in [4.78, 5) is 23.6. The van der Waals surface area contributed by atoms with Crippen LogP contribution in [-0.4, -0.2) is 18.0 Å². The standard InChI is InChI=1S/C18H13ClF3NO3/c1-10(18(25)23-16-6-4-12(20)9-15(16)22)26-17(24)7-3-11-2-5-14(21)13(19)8-11/h2-10H,1H3,(H,23,25)/b7-3+/t10-/m0/s1. The van der Waals surface area contributed by atoms with Crippen LogP contribution in [0.2, 0.25) is 5.02 Å². The van der Waals surface area contributed by atoms with Crippen molar-refractivity contribution in [2.75, 3.05) is 5.32 Å². The van der Waals surface area contributed by atoms with E-state index in [1.807, 2.05) is 0 Å². The highest BCUT2D eigenvalue weighted by atomic mass is 35.5. The third-order valence-corrected chi connectivity index (χ3v) is 3.50. The quantitative estimate of drug-likeness (QED) is 0.617. The molecule has 0 aliphatic heterocycles. The minimum Gasteiger partial charge on any atom is -0.449 e. The van der Waals surface area contributed by atoms with Crippen LogP contribution in [0.5, 0.6) is 0 Å². The molecule has 0 saturated heterocycles. The Kier molecular flexibility index (Phi) is 6.41. The van der Waals surface area contributed by atoms with Gasteiger partial charge in [-0.2, -0.15) is 0 Å². The van der Waals surface area contributed by atoms with Gasteiger partial charge in [-0.25, -0.2) is 18.0 Å². The van der Waals surface area contributed by atoms with Gasteiger partial charge in [0.1, 0.15) is 17.5 Å². The van der Waals surface area contributed by atoms with Crippen LogP contribution in [0.1, 0.15) is 12.5 Å². The second kappa shape index (κ2) is 8.53. The fourth-order valence-electron chi connectivity index (χ4n) is 1.87. The minimum absolute atomic E-state index is 0.102. The summed E-state index contributed by atoms with van der Waals surface area (Å²) in [6.07, 6.45) is 1.14. The van der Waals surface area contributed by atoms with Crippen molar-refractivity contribution in [2.45, 2.75) is 13.0 Å². The number of nitrogens with one attached hydrogen (secondary N) is 1. The lowest BCUT2D eigenvalue weighted by atomic mass is 10.2. The van der Waals surface area contributed by atoms with Crippen molar-refractivity contribution in [1.29, 1.82) is 0 Å². The van der Waals surface area contributed by atoms with Gasteiger partial charge < -0.3 is 10.1 Å². The third kappa shape index (κ3) is 5.35. The van der Waals surface area contributed by atoms with Crippen molar-refractivity contribution in [2.24, 2.45) is 0 Å². The molecule has 0 spiro atoms. The average Bonchev–Trinajstić information content (AvgIpc) is 2.58. The molecular formula is C18H13ClF3NO3. The normalized spacial score (nSPS) is 12.0. The lowest BCUT2D eigenvalue weighted by molar-refractivity contribution is -0.148. The summed E-state index contributed by atoms with van der Waals surface area (Å²) >= 11 is 5.62. The second-order valence-corrected chi connectivity index (χ2v) is 5.61. The molecule has 1 N–H and O–H groups in total. The summed E-state index contributed by atoms with van der Waals surface area (Å²) in [7, 11) is 0. The van der Waals surface area contributed by atoms with Gasteiger partial charge in [0.2, 0.25) is 0 Å². The third-order valence-electron chi connectivity index (χ3n) is 3.21. The van der Waals surface area contributed by atoms with Gasteiger partial charge in [-0.05, 0) is 42.8 Å². The van der Waals surface area contributed by atoms with Crippen LogP contribution in [0, 0.1) is 17.5 Å². The molecule has 0 radical (unpaired) electrons. The van der Waals surface area contributed by atoms with Gasteiger partial charge in [0.05, 0.1) is 10.7 Å². The molecule has 0 unspecified atom stereocenters. The Morgan fingerprint density at radius 2 is 1.85 bits per heavy atom. The summed E-state index contributed by atoms with van der Waals surface area (Å²) in [5.41, 5.74) is 0.217. The van der Waals surface area contributed by atoms with Crippen LogP contribution in [0.4, 0.5) is 18.9 Å². The summed E-state index contributed by atoms with van der Waals surface area (Å²) in [6.45, 7) is 1.29. The zero-order valence-electron chi connectivity index (χ0n) is 13.4. The molecule has 26 heavy (non-hydrogen) atoms. The predicted octanol–water partition coefficient (Wildman–Crippen LogP) is 4.34. The van der Waals surface area contributed by atoms with E-state index in [0.29, 0.717) is 11.6 Å². The van der Waals surface area contributed by atoms with Gasteiger partial charge in [0.25, 0.3) is 5.91 Å². The highest BCUT2D eigenvalue weighted by Crippen LogP contribution is 2.17. The fraction of sp³-hybridized carbons (Fsp3) is 0.111. The molecule has 2 aromatic carbocycles. The van der Waals surface area contributed by atoms with Crippen LogP contribution >= 0.6 is 11.6 Å². The number of anilines is 1. The molecule has 0 fully saturated rings. The van der Waals surface area contributed by atoms with Crippen molar-refractivity contribution in [3.8, 4) is 0 Å². The maximum absolute atomic E-state index is 13.5. The number of esters is 1. The van der Waals surface area contributed by atoms with E-state index in [1.165, 1.54) is 25.1 Å². The topological polar surface area (TPSA) is 55.4 Å². The molecule has 0 aliphatic carbocycles. The molecule has 1 amide bonds. The fourth-order valence-corrected chi connectivity index (χ4v) is 2.06. The zero-order valence-corrected chi connectivity index (χ0v) is 14.2. The Morgan fingerprint density at radius 3 is 2.50 bits per heavy atom. The maximum atomic E-state index is 13.5. The van der Waals surface area contributed by atoms with E-state index in [4.69, 9.17) is 16.3 Å². The Labute approximate surface area is 152 Å².